The van der Waals surface area contributed by atoms with Gasteiger partial charge in [0.25, 0.3) is 0 Å². The molecule has 0 saturated carbocycles. The molecule has 0 unspecified atom stereocenters. The van der Waals surface area contributed by atoms with Gasteiger partial charge < -0.3 is 10.1 Å². The summed E-state index contributed by atoms with van der Waals surface area (Å²) in [5.41, 5.74) is 4.07. The summed E-state index contributed by atoms with van der Waals surface area (Å²) in [5, 5.41) is 12.7. The lowest BCUT2D eigenvalue weighted by atomic mass is 10.2. The van der Waals surface area contributed by atoms with Gasteiger partial charge in [-0.15, -0.1) is 0 Å². The van der Waals surface area contributed by atoms with Crippen molar-refractivity contribution in [3.8, 4) is 6.07 Å². The maximum absolute atomic E-state index is 9.52. The molecule has 0 aliphatic rings. The Labute approximate surface area is 139 Å². The van der Waals surface area contributed by atoms with Gasteiger partial charge in [-0.3, -0.25) is 4.57 Å². The minimum absolute atomic E-state index is 0.333. The highest BCUT2D eigenvalue weighted by Crippen LogP contribution is 2.21. The van der Waals surface area contributed by atoms with E-state index >= 15 is 0 Å². The fraction of sp³-hybridized carbons (Fsp3) is 0.176. The number of hydrogen-bond donors (Lipinski definition) is 1. The fourth-order valence-corrected chi connectivity index (χ4v) is 2.35. The van der Waals surface area contributed by atoms with Gasteiger partial charge in [0.15, 0.2) is 5.65 Å². The number of benzene rings is 1. The van der Waals surface area contributed by atoms with Crippen molar-refractivity contribution in [1.29, 1.82) is 5.26 Å². The van der Waals surface area contributed by atoms with Crippen molar-refractivity contribution >= 4 is 22.4 Å². The van der Waals surface area contributed by atoms with Crippen molar-refractivity contribution in [2.75, 3.05) is 12.4 Å². The lowest BCUT2D eigenvalue weighted by molar-refractivity contribution is 0.134. The summed E-state index contributed by atoms with van der Waals surface area (Å²) in [6.07, 6.45) is 4.68. The van der Waals surface area contributed by atoms with Crippen molar-refractivity contribution in [2.24, 2.45) is 0 Å². The Morgan fingerprint density at radius 1 is 1.33 bits per heavy atom. The molecule has 24 heavy (non-hydrogen) atoms. The highest BCUT2D eigenvalue weighted by Gasteiger charge is 2.13. The molecule has 0 saturated heterocycles. The van der Waals surface area contributed by atoms with Gasteiger partial charge >= 0.3 is 0 Å². The van der Waals surface area contributed by atoms with E-state index in [1.807, 2.05) is 31.2 Å². The molecule has 0 fully saturated rings. The molecule has 0 aliphatic heterocycles. The third-order valence-corrected chi connectivity index (χ3v) is 3.56. The third-order valence-electron chi connectivity index (χ3n) is 3.56. The smallest absolute Gasteiger partial charge is 0.165 e. The monoisotopic (exact) mass is 320 g/mol. The van der Waals surface area contributed by atoms with E-state index in [0.29, 0.717) is 29.2 Å². The maximum Gasteiger partial charge on any atom is 0.165 e. The van der Waals surface area contributed by atoms with Crippen LogP contribution in [0.15, 0.2) is 43.1 Å². The van der Waals surface area contributed by atoms with E-state index < -0.39 is 0 Å². The molecule has 7 nitrogen and oxygen atoms in total. The average molecular weight is 320 g/mol. The molecule has 7 heteroatoms. The first-order valence-corrected chi connectivity index (χ1v) is 7.32. The highest BCUT2D eigenvalue weighted by molar-refractivity contribution is 5.90. The summed E-state index contributed by atoms with van der Waals surface area (Å²) in [4.78, 5) is 12.8. The molecule has 0 amide bonds. The van der Waals surface area contributed by atoms with Crippen molar-refractivity contribution in [3.63, 3.8) is 0 Å². The molecular formula is C17H16N6O. The zero-order chi connectivity index (χ0) is 16.9. The van der Waals surface area contributed by atoms with Crippen molar-refractivity contribution < 1.29 is 4.74 Å². The maximum atomic E-state index is 9.52. The number of methoxy groups -OCH3 is 1. The number of fused-ring (bicyclic) bond motifs is 1. The van der Waals surface area contributed by atoms with Crippen LogP contribution in [0.2, 0.25) is 0 Å². The van der Waals surface area contributed by atoms with Crippen LogP contribution in [0, 0.1) is 18.3 Å². The van der Waals surface area contributed by atoms with Crippen molar-refractivity contribution in [2.45, 2.75) is 13.7 Å². The van der Waals surface area contributed by atoms with E-state index in [0.717, 1.165) is 11.3 Å². The van der Waals surface area contributed by atoms with Gasteiger partial charge in [-0.2, -0.15) is 5.26 Å². The molecular weight excluding hydrogens is 304 g/mol. The van der Waals surface area contributed by atoms with Gasteiger partial charge in [0.2, 0.25) is 0 Å². The van der Waals surface area contributed by atoms with Crippen LogP contribution in [-0.4, -0.2) is 26.6 Å². The van der Waals surface area contributed by atoms with Crippen LogP contribution in [0.25, 0.3) is 16.7 Å². The van der Waals surface area contributed by atoms with Gasteiger partial charge in [-0.25, -0.2) is 15.0 Å². The lowest BCUT2D eigenvalue weighted by Crippen LogP contribution is -2.01. The lowest BCUT2D eigenvalue weighted by Gasteiger charge is -2.06. The Balaban J connectivity index is 2.00. The first-order valence-electron chi connectivity index (χ1n) is 7.32. The zero-order valence-electron chi connectivity index (χ0n) is 13.4. The van der Waals surface area contributed by atoms with E-state index in [1.165, 1.54) is 6.33 Å². The SMILES string of the molecule is COCn1cnc2c(/C(C#N)=C\Nc3ccccc3C)ncnc21. The second kappa shape index (κ2) is 6.89. The summed E-state index contributed by atoms with van der Waals surface area (Å²) in [5.74, 6) is 0. The molecule has 2 heterocycles. The molecule has 2 aromatic heterocycles. The Bertz CT molecular complexity index is 938. The summed E-state index contributed by atoms with van der Waals surface area (Å²) in [6.45, 7) is 2.33. The van der Waals surface area contributed by atoms with Crippen LogP contribution in [0.1, 0.15) is 11.3 Å². The van der Waals surface area contributed by atoms with Crippen LogP contribution >= 0.6 is 0 Å². The molecule has 1 aromatic carbocycles. The number of allylic oxidation sites excluding steroid dienone is 1. The second-order valence-electron chi connectivity index (χ2n) is 5.16. The van der Waals surface area contributed by atoms with Gasteiger partial charge in [-0.1, -0.05) is 18.2 Å². The topological polar surface area (TPSA) is 88.7 Å². The standard InChI is InChI=1S/C17H16N6O/c1-12-5-3-4-6-14(12)19-8-13(7-18)15-16-17(21-9-20-15)23(10-22-16)11-24-2/h3-6,8-10,19H,11H2,1-2H3/b13-8-. The number of hydrogen-bond acceptors (Lipinski definition) is 6. The molecule has 0 aliphatic carbocycles. The van der Waals surface area contributed by atoms with Crippen LogP contribution in [0.5, 0.6) is 0 Å². The second-order valence-corrected chi connectivity index (χ2v) is 5.16. The molecule has 120 valence electrons. The van der Waals surface area contributed by atoms with E-state index in [1.54, 1.807) is 24.2 Å². The number of imidazole rings is 1. The van der Waals surface area contributed by atoms with Gasteiger partial charge in [0.1, 0.15) is 30.3 Å². The highest BCUT2D eigenvalue weighted by atomic mass is 16.5. The fourth-order valence-electron chi connectivity index (χ4n) is 2.35. The first kappa shape index (κ1) is 15.6. The Kier molecular flexibility index (Phi) is 4.50. The number of ether oxygens (including phenoxy) is 1. The Morgan fingerprint density at radius 3 is 2.92 bits per heavy atom. The molecule has 0 atom stereocenters. The summed E-state index contributed by atoms with van der Waals surface area (Å²) < 4.78 is 6.86. The quantitative estimate of drug-likeness (QED) is 0.727. The predicted octanol–water partition coefficient (Wildman–Crippen LogP) is 2.72. The molecule has 0 radical (unpaired) electrons. The Morgan fingerprint density at radius 2 is 2.17 bits per heavy atom. The van der Waals surface area contributed by atoms with E-state index in [4.69, 9.17) is 4.74 Å². The number of nitrogens with zero attached hydrogens (tertiary/aromatic N) is 5. The number of aryl methyl sites for hydroxylation is 1. The number of aromatic nitrogens is 4. The normalized spacial score (nSPS) is 11.5. The van der Waals surface area contributed by atoms with E-state index in [-0.39, 0.29) is 0 Å². The number of anilines is 1. The van der Waals surface area contributed by atoms with Gasteiger partial charge in [0.05, 0.1) is 11.9 Å². The summed E-state index contributed by atoms with van der Waals surface area (Å²) in [6, 6.07) is 10.0. The van der Waals surface area contributed by atoms with E-state index in [2.05, 4.69) is 26.3 Å². The molecule has 0 bridgehead atoms. The molecule has 0 spiro atoms. The van der Waals surface area contributed by atoms with Crippen molar-refractivity contribution in [3.05, 3.63) is 54.4 Å². The predicted molar refractivity (Wildman–Crippen MR) is 90.7 cm³/mol. The number of nitriles is 1. The van der Waals surface area contributed by atoms with Crippen LogP contribution in [0.4, 0.5) is 5.69 Å². The molecule has 3 aromatic rings. The van der Waals surface area contributed by atoms with E-state index in [9.17, 15) is 5.26 Å². The number of nitrogens with one attached hydrogen (secondary N) is 1. The average Bonchev–Trinajstić information content (AvgIpc) is 3.01. The largest absolute Gasteiger partial charge is 0.364 e. The minimum atomic E-state index is 0.333. The van der Waals surface area contributed by atoms with Crippen LogP contribution in [0.3, 0.4) is 0 Å². The van der Waals surface area contributed by atoms with Crippen LogP contribution in [-0.2, 0) is 11.5 Å². The zero-order valence-corrected chi connectivity index (χ0v) is 13.4. The third kappa shape index (κ3) is 2.95. The van der Waals surface area contributed by atoms with Gasteiger partial charge in [-0.05, 0) is 18.6 Å². The van der Waals surface area contributed by atoms with Crippen molar-refractivity contribution in [1.82, 2.24) is 19.5 Å². The van der Waals surface area contributed by atoms with Crippen LogP contribution < -0.4 is 5.32 Å². The Hall–Kier alpha value is -3.24. The van der Waals surface area contributed by atoms with Gasteiger partial charge in [0, 0.05) is 19.0 Å². The number of rotatable bonds is 5. The summed E-state index contributed by atoms with van der Waals surface area (Å²) in [7, 11) is 1.60. The minimum Gasteiger partial charge on any atom is -0.364 e. The summed E-state index contributed by atoms with van der Waals surface area (Å²) >= 11 is 0. The first-order chi connectivity index (χ1) is 11.7. The molecule has 1 N–H and O–H groups in total. The number of para-hydroxylation sites is 1. The molecule has 3 rings (SSSR count).